The molecular formula is C16H24N2S2. The lowest BCUT2D eigenvalue weighted by Crippen LogP contribution is -2.40. The van der Waals surface area contributed by atoms with E-state index in [-0.39, 0.29) is 0 Å². The Morgan fingerprint density at radius 2 is 1.60 bits per heavy atom. The Bertz CT molecular complexity index is 426. The molecule has 0 aromatic carbocycles. The maximum Gasteiger partial charge on any atom is 0.0767 e. The first-order chi connectivity index (χ1) is 9.74. The summed E-state index contributed by atoms with van der Waals surface area (Å²) in [5.41, 5.74) is 0. The zero-order chi connectivity index (χ0) is 14.4. The number of likely N-dealkylation sites (N-methyl/N-ethyl adjacent to an activating group) is 1. The van der Waals surface area contributed by atoms with Crippen LogP contribution in [0.15, 0.2) is 35.0 Å². The van der Waals surface area contributed by atoms with Crippen LogP contribution in [0.25, 0.3) is 0 Å². The van der Waals surface area contributed by atoms with E-state index >= 15 is 0 Å². The molecule has 1 N–H and O–H groups in total. The average Bonchev–Trinajstić information content (AvgIpc) is 3.14. The fourth-order valence-corrected chi connectivity index (χ4v) is 4.10. The van der Waals surface area contributed by atoms with Crippen LogP contribution in [0.3, 0.4) is 0 Å². The quantitative estimate of drug-likeness (QED) is 0.785. The first kappa shape index (κ1) is 15.7. The Kier molecular flexibility index (Phi) is 6.23. The maximum atomic E-state index is 3.80. The molecular weight excluding hydrogens is 284 g/mol. The molecule has 110 valence electrons. The molecule has 1 unspecified atom stereocenters. The highest BCUT2D eigenvalue weighted by atomic mass is 32.1. The highest BCUT2D eigenvalue weighted by Gasteiger charge is 2.19. The van der Waals surface area contributed by atoms with Gasteiger partial charge in [-0.2, -0.15) is 0 Å². The Morgan fingerprint density at radius 3 is 2.00 bits per heavy atom. The van der Waals surface area contributed by atoms with Gasteiger partial charge in [-0.25, -0.2) is 0 Å². The smallest absolute Gasteiger partial charge is 0.0767 e. The van der Waals surface area contributed by atoms with Gasteiger partial charge in [0.2, 0.25) is 0 Å². The molecule has 2 heterocycles. The van der Waals surface area contributed by atoms with Gasteiger partial charge in [-0.15, -0.1) is 22.7 Å². The fourth-order valence-electron chi connectivity index (χ4n) is 2.42. The molecule has 0 saturated carbocycles. The highest BCUT2D eigenvalue weighted by molar-refractivity contribution is 7.11. The van der Waals surface area contributed by atoms with Gasteiger partial charge in [-0.3, -0.25) is 0 Å². The van der Waals surface area contributed by atoms with Crippen LogP contribution in [-0.2, 0) is 0 Å². The van der Waals surface area contributed by atoms with Crippen molar-refractivity contribution in [3.8, 4) is 0 Å². The minimum atomic E-state index is 0.334. The Labute approximate surface area is 130 Å². The number of hydrogen-bond donors (Lipinski definition) is 1. The Hall–Kier alpha value is -0.680. The first-order valence-corrected chi connectivity index (χ1v) is 9.05. The summed E-state index contributed by atoms with van der Waals surface area (Å²) in [6, 6.07) is 9.54. The van der Waals surface area contributed by atoms with Crippen molar-refractivity contribution in [1.29, 1.82) is 0 Å². The molecule has 0 aliphatic rings. The summed E-state index contributed by atoms with van der Waals surface area (Å²) < 4.78 is 0. The van der Waals surface area contributed by atoms with E-state index in [2.05, 4.69) is 66.0 Å². The van der Waals surface area contributed by atoms with E-state index in [1.54, 1.807) is 0 Å². The summed E-state index contributed by atoms with van der Waals surface area (Å²) in [6.45, 7) is 10.1. The van der Waals surface area contributed by atoms with Crippen molar-refractivity contribution in [2.75, 3.05) is 19.6 Å². The van der Waals surface area contributed by atoms with Crippen molar-refractivity contribution in [2.24, 2.45) is 0 Å². The molecule has 0 amide bonds. The van der Waals surface area contributed by atoms with Crippen LogP contribution in [0, 0.1) is 0 Å². The average molecular weight is 309 g/mol. The lowest BCUT2D eigenvalue weighted by molar-refractivity contribution is 0.266. The molecule has 2 nitrogen and oxygen atoms in total. The fraction of sp³-hybridized carbons (Fsp3) is 0.500. The second-order valence-corrected chi connectivity index (χ2v) is 6.98. The van der Waals surface area contributed by atoms with Crippen molar-refractivity contribution in [1.82, 2.24) is 10.2 Å². The highest BCUT2D eigenvalue weighted by Crippen LogP contribution is 2.29. The van der Waals surface area contributed by atoms with Crippen molar-refractivity contribution in [3.63, 3.8) is 0 Å². The van der Waals surface area contributed by atoms with Gasteiger partial charge in [0.15, 0.2) is 0 Å². The summed E-state index contributed by atoms with van der Waals surface area (Å²) in [6.07, 6.45) is 0. The van der Waals surface area contributed by atoms with Crippen LogP contribution in [0.4, 0.5) is 0 Å². The van der Waals surface area contributed by atoms with E-state index < -0.39 is 0 Å². The molecule has 4 heteroatoms. The van der Waals surface area contributed by atoms with Crippen LogP contribution in [0.5, 0.6) is 0 Å². The normalized spacial score (nSPS) is 13.2. The SMILES string of the molecule is CCN(CC)CC(C)NC(c1cccs1)c1cccs1. The van der Waals surface area contributed by atoms with E-state index in [1.807, 2.05) is 22.7 Å². The van der Waals surface area contributed by atoms with E-state index in [4.69, 9.17) is 0 Å². The van der Waals surface area contributed by atoms with E-state index in [9.17, 15) is 0 Å². The van der Waals surface area contributed by atoms with Gasteiger partial charge in [0, 0.05) is 22.3 Å². The van der Waals surface area contributed by atoms with Gasteiger partial charge >= 0.3 is 0 Å². The summed E-state index contributed by atoms with van der Waals surface area (Å²) in [5.74, 6) is 0. The first-order valence-electron chi connectivity index (χ1n) is 7.29. The number of rotatable bonds is 8. The number of nitrogens with zero attached hydrogens (tertiary/aromatic N) is 1. The molecule has 2 aromatic rings. The largest absolute Gasteiger partial charge is 0.302 e. The van der Waals surface area contributed by atoms with Gasteiger partial charge in [0.25, 0.3) is 0 Å². The lowest BCUT2D eigenvalue weighted by atomic mass is 10.1. The second-order valence-electron chi connectivity index (χ2n) is 5.02. The topological polar surface area (TPSA) is 15.3 Å². The summed E-state index contributed by atoms with van der Waals surface area (Å²) in [4.78, 5) is 5.27. The second kappa shape index (κ2) is 7.93. The van der Waals surface area contributed by atoms with Crippen LogP contribution in [0.2, 0.25) is 0 Å². The molecule has 0 radical (unpaired) electrons. The molecule has 0 aliphatic heterocycles. The predicted octanol–water partition coefficient (Wildman–Crippen LogP) is 4.22. The van der Waals surface area contributed by atoms with Crippen molar-refractivity contribution < 1.29 is 0 Å². The monoisotopic (exact) mass is 308 g/mol. The molecule has 0 saturated heterocycles. The van der Waals surface area contributed by atoms with Crippen LogP contribution < -0.4 is 5.32 Å². The molecule has 1 atom stereocenters. The molecule has 20 heavy (non-hydrogen) atoms. The number of thiophene rings is 2. The Morgan fingerprint density at radius 1 is 1.05 bits per heavy atom. The summed E-state index contributed by atoms with van der Waals surface area (Å²) in [5, 5.41) is 8.12. The van der Waals surface area contributed by atoms with E-state index in [0.29, 0.717) is 12.1 Å². The standard InChI is InChI=1S/C16H24N2S2/c1-4-18(5-2)12-13(3)17-16(14-8-6-10-19-14)15-9-7-11-20-15/h6-11,13,16-17H,4-5,12H2,1-3H3. The van der Waals surface area contributed by atoms with Crippen molar-refractivity contribution in [3.05, 3.63) is 44.8 Å². The molecule has 0 bridgehead atoms. The molecule has 2 aromatic heterocycles. The van der Waals surface area contributed by atoms with Gasteiger partial charge < -0.3 is 10.2 Å². The third kappa shape index (κ3) is 4.16. The van der Waals surface area contributed by atoms with Gasteiger partial charge in [-0.1, -0.05) is 26.0 Å². The lowest BCUT2D eigenvalue weighted by Gasteiger charge is -2.27. The van der Waals surface area contributed by atoms with Crippen LogP contribution >= 0.6 is 22.7 Å². The summed E-state index contributed by atoms with van der Waals surface area (Å²) >= 11 is 3.66. The molecule has 2 rings (SSSR count). The third-order valence-corrected chi connectivity index (χ3v) is 5.41. The maximum absolute atomic E-state index is 3.80. The van der Waals surface area contributed by atoms with Gasteiger partial charge in [-0.05, 0) is 42.9 Å². The Balaban J connectivity index is 2.05. The van der Waals surface area contributed by atoms with E-state index in [0.717, 1.165) is 19.6 Å². The van der Waals surface area contributed by atoms with E-state index in [1.165, 1.54) is 9.75 Å². The van der Waals surface area contributed by atoms with Crippen LogP contribution in [-0.4, -0.2) is 30.6 Å². The summed E-state index contributed by atoms with van der Waals surface area (Å²) in [7, 11) is 0. The van der Waals surface area contributed by atoms with Crippen LogP contribution in [0.1, 0.15) is 36.6 Å². The molecule has 0 fully saturated rings. The zero-order valence-electron chi connectivity index (χ0n) is 12.5. The van der Waals surface area contributed by atoms with Gasteiger partial charge in [0.1, 0.15) is 0 Å². The van der Waals surface area contributed by atoms with Gasteiger partial charge in [0.05, 0.1) is 6.04 Å². The zero-order valence-corrected chi connectivity index (χ0v) is 14.1. The molecule has 0 spiro atoms. The third-order valence-electron chi connectivity index (χ3n) is 3.53. The minimum Gasteiger partial charge on any atom is -0.302 e. The van der Waals surface area contributed by atoms with Crippen molar-refractivity contribution in [2.45, 2.75) is 32.9 Å². The number of hydrogen-bond acceptors (Lipinski definition) is 4. The predicted molar refractivity (Wildman–Crippen MR) is 90.9 cm³/mol. The van der Waals surface area contributed by atoms with Crippen molar-refractivity contribution >= 4 is 22.7 Å². The minimum absolute atomic E-state index is 0.334. The molecule has 0 aliphatic carbocycles. The number of nitrogens with one attached hydrogen (secondary N) is 1.